The SMILES string of the molecule is CC(=O)NC1(c2ccccc2)CCN(CCC(CN(C)C(=O)C(F)F)(c2ccc(Cl)c(Cl)c2)N(C)C(=O)NC(c2ccccc2)c2ccccc2)CC1.Cl. The lowest BCUT2D eigenvalue weighted by atomic mass is 9.80. The normalized spacial score (nSPS) is 15.1. The quantitative estimate of drug-likeness (QED) is 0.143. The number of nitrogens with one attached hydrogen (secondary N) is 2. The van der Waals surface area contributed by atoms with Gasteiger partial charge in [-0.25, -0.2) is 4.79 Å². The number of likely N-dealkylation sites (tertiary alicyclic amines) is 1. The van der Waals surface area contributed by atoms with Crippen molar-refractivity contribution in [3.8, 4) is 0 Å². The number of alkyl halides is 2. The Bertz CT molecular complexity index is 1810. The van der Waals surface area contributed by atoms with Crippen LogP contribution in [0.3, 0.4) is 0 Å². The van der Waals surface area contributed by atoms with Gasteiger partial charge in [0, 0.05) is 47.2 Å². The van der Waals surface area contributed by atoms with E-state index >= 15 is 0 Å². The number of rotatable bonds is 13. The predicted molar refractivity (Wildman–Crippen MR) is 212 cm³/mol. The van der Waals surface area contributed by atoms with Gasteiger partial charge in [-0.1, -0.05) is 120 Å². The summed E-state index contributed by atoms with van der Waals surface area (Å²) >= 11 is 12.9. The molecule has 4 aromatic carbocycles. The summed E-state index contributed by atoms with van der Waals surface area (Å²) in [7, 11) is 2.92. The molecule has 4 amide bonds. The Balaban J connectivity index is 0.00000650. The molecule has 0 spiro atoms. The highest BCUT2D eigenvalue weighted by atomic mass is 35.5. The van der Waals surface area contributed by atoms with Crippen molar-refractivity contribution in [3.63, 3.8) is 0 Å². The number of hydrogen-bond donors (Lipinski definition) is 2. The van der Waals surface area contributed by atoms with Crippen molar-refractivity contribution in [2.24, 2.45) is 0 Å². The van der Waals surface area contributed by atoms with Crippen molar-refractivity contribution >= 4 is 53.5 Å². The van der Waals surface area contributed by atoms with Crippen LogP contribution in [0.15, 0.2) is 109 Å². The second-order valence-corrected chi connectivity index (χ2v) is 14.5. The Morgan fingerprint density at radius 3 is 1.87 bits per heavy atom. The minimum atomic E-state index is -3.24. The first-order valence-electron chi connectivity index (χ1n) is 17.5. The third kappa shape index (κ3) is 9.90. The molecule has 1 unspecified atom stereocenters. The van der Waals surface area contributed by atoms with Crippen LogP contribution in [0, 0.1) is 0 Å². The summed E-state index contributed by atoms with van der Waals surface area (Å²) < 4.78 is 27.8. The molecule has 1 aliphatic rings. The standard InChI is InChI=1S/C41H45Cl2F2N5O3.ClH/c1-29(51)47-40(32-17-11-6-12-18-32)21-24-50(25-22-40)26-23-41(28-48(2)38(52)37(44)45,33-19-20-34(42)35(43)27-33)49(3)39(53)46-36(30-13-7-4-8-14-30)31-15-9-5-10-16-31;/h4-20,27,36-37H,21-26,28H2,1-3H3,(H,46,53)(H,47,51);1H. The number of nitrogens with zero attached hydrogens (tertiary/aromatic N) is 3. The number of carbonyl (C=O) groups excluding carboxylic acids is 3. The Morgan fingerprint density at radius 1 is 0.833 bits per heavy atom. The molecule has 1 atom stereocenters. The van der Waals surface area contributed by atoms with Crippen molar-refractivity contribution in [1.82, 2.24) is 25.3 Å². The van der Waals surface area contributed by atoms with Crippen molar-refractivity contribution in [2.45, 2.75) is 49.7 Å². The van der Waals surface area contributed by atoms with Gasteiger partial charge < -0.3 is 25.3 Å². The number of likely N-dealkylation sites (N-methyl/N-ethyl adjacent to an activating group) is 2. The molecule has 1 heterocycles. The lowest BCUT2D eigenvalue weighted by Gasteiger charge is -2.47. The third-order valence-corrected chi connectivity index (χ3v) is 11.0. The minimum absolute atomic E-state index is 0. The Hall–Kier alpha value is -4.22. The summed E-state index contributed by atoms with van der Waals surface area (Å²) in [5.74, 6) is -1.49. The van der Waals surface area contributed by atoms with E-state index in [2.05, 4.69) is 15.5 Å². The molecule has 1 aliphatic heterocycles. The molecule has 0 radical (unpaired) electrons. The van der Waals surface area contributed by atoms with Crippen LogP contribution in [0.25, 0.3) is 0 Å². The average molecular weight is 801 g/mol. The summed E-state index contributed by atoms with van der Waals surface area (Å²) in [6, 6.07) is 32.9. The summed E-state index contributed by atoms with van der Waals surface area (Å²) in [5, 5.41) is 6.89. The Morgan fingerprint density at radius 2 is 1.37 bits per heavy atom. The smallest absolute Gasteiger partial charge is 0.318 e. The summed E-state index contributed by atoms with van der Waals surface area (Å²) in [6.07, 6.45) is -1.73. The summed E-state index contributed by atoms with van der Waals surface area (Å²) in [4.78, 5) is 44.4. The maximum absolute atomic E-state index is 14.6. The summed E-state index contributed by atoms with van der Waals surface area (Å²) in [5.41, 5.74) is 1.36. The van der Waals surface area contributed by atoms with E-state index in [-0.39, 0.29) is 41.3 Å². The van der Waals surface area contributed by atoms with Crippen LogP contribution in [-0.2, 0) is 20.7 Å². The number of benzene rings is 4. The average Bonchev–Trinajstić information content (AvgIpc) is 3.17. The molecule has 0 saturated carbocycles. The molecular formula is C41H46Cl3F2N5O3. The number of hydrogen-bond acceptors (Lipinski definition) is 4. The Labute approximate surface area is 332 Å². The first-order chi connectivity index (χ1) is 25.3. The van der Waals surface area contributed by atoms with E-state index in [0.29, 0.717) is 38.0 Å². The summed E-state index contributed by atoms with van der Waals surface area (Å²) in [6.45, 7) is 2.91. The second kappa shape index (κ2) is 18.9. The van der Waals surface area contributed by atoms with Crippen LogP contribution in [0.5, 0.6) is 0 Å². The highest BCUT2D eigenvalue weighted by molar-refractivity contribution is 6.42. The highest BCUT2D eigenvalue weighted by Crippen LogP contribution is 2.39. The van der Waals surface area contributed by atoms with Gasteiger partial charge in [-0.05, 0) is 53.6 Å². The predicted octanol–water partition coefficient (Wildman–Crippen LogP) is 8.28. The van der Waals surface area contributed by atoms with Crippen LogP contribution in [-0.4, -0.2) is 79.2 Å². The third-order valence-electron chi connectivity index (χ3n) is 10.3. The van der Waals surface area contributed by atoms with Crippen molar-refractivity contribution in [1.29, 1.82) is 0 Å². The zero-order chi connectivity index (χ0) is 38.2. The molecule has 5 rings (SSSR count). The van der Waals surface area contributed by atoms with Crippen molar-refractivity contribution in [3.05, 3.63) is 141 Å². The second-order valence-electron chi connectivity index (χ2n) is 13.6. The van der Waals surface area contributed by atoms with Gasteiger partial charge in [0.15, 0.2) is 0 Å². The first-order valence-corrected chi connectivity index (χ1v) is 18.3. The first kappa shape index (κ1) is 42.5. The van der Waals surface area contributed by atoms with E-state index in [0.717, 1.165) is 21.6 Å². The monoisotopic (exact) mass is 799 g/mol. The molecule has 54 heavy (non-hydrogen) atoms. The zero-order valence-electron chi connectivity index (χ0n) is 30.5. The topological polar surface area (TPSA) is 85.0 Å². The largest absolute Gasteiger partial charge is 0.347 e. The molecule has 1 fully saturated rings. The van der Waals surface area contributed by atoms with Crippen LogP contribution in [0.1, 0.15) is 54.5 Å². The molecule has 288 valence electrons. The van der Waals surface area contributed by atoms with E-state index in [4.69, 9.17) is 23.2 Å². The fraction of sp³-hybridized carbons (Fsp3) is 0.341. The van der Waals surface area contributed by atoms with Gasteiger partial charge in [-0.15, -0.1) is 12.4 Å². The van der Waals surface area contributed by atoms with Gasteiger partial charge in [-0.3, -0.25) is 9.59 Å². The number of urea groups is 1. The molecule has 13 heteroatoms. The maximum Gasteiger partial charge on any atom is 0.318 e. The Kier molecular flexibility index (Phi) is 14.9. The van der Waals surface area contributed by atoms with Gasteiger partial charge in [0.1, 0.15) is 0 Å². The molecule has 8 nitrogen and oxygen atoms in total. The fourth-order valence-corrected chi connectivity index (χ4v) is 7.65. The van der Waals surface area contributed by atoms with Crippen LogP contribution in [0.4, 0.5) is 13.6 Å². The van der Waals surface area contributed by atoms with E-state index in [1.54, 1.807) is 25.2 Å². The van der Waals surface area contributed by atoms with Crippen LogP contribution >= 0.6 is 35.6 Å². The van der Waals surface area contributed by atoms with Crippen molar-refractivity contribution < 1.29 is 23.2 Å². The minimum Gasteiger partial charge on any atom is -0.347 e. The van der Waals surface area contributed by atoms with E-state index in [1.165, 1.54) is 18.9 Å². The molecule has 4 aromatic rings. The fourth-order valence-electron chi connectivity index (χ4n) is 7.35. The number of halogens is 5. The van der Waals surface area contributed by atoms with Gasteiger partial charge in [-0.2, -0.15) is 8.78 Å². The van der Waals surface area contributed by atoms with Gasteiger partial charge in [0.25, 0.3) is 5.91 Å². The van der Waals surface area contributed by atoms with E-state index in [1.807, 2.05) is 91.0 Å². The molecule has 0 aliphatic carbocycles. The zero-order valence-corrected chi connectivity index (χ0v) is 32.8. The van der Waals surface area contributed by atoms with Crippen LogP contribution in [0.2, 0.25) is 10.0 Å². The van der Waals surface area contributed by atoms with Crippen LogP contribution < -0.4 is 10.6 Å². The molecule has 1 saturated heterocycles. The van der Waals surface area contributed by atoms with Gasteiger partial charge in [0.2, 0.25) is 5.91 Å². The van der Waals surface area contributed by atoms with E-state index < -0.39 is 35.5 Å². The number of carbonyl (C=O) groups is 3. The van der Waals surface area contributed by atoms with Crippen molar-refractivity contribution in [2.75, 3.05) is 40.3 Å². The highest BCUT2D eigenvalue weighted by Gasteiger charge is 2.44. The molecule has 2 N–H and O–H groups in total. The van der Waals surface area contributed by atoms with E-state index in [9.17, 15) is 23.2 Å². The lowest BCUT2D eigenvalue weighted by Crippen LogP contribution is -2.59. The lowest BCUT2D eigenvalue weighted by molar-refractivity contribution is -0.143. The molecule has 0 bridgehead atoms. The van der Waals surface area contributed by atoms with Gasteiger partial charge in [0.05, 0.1) is 27.2 Å². The molecule has 0 aromatic heterocycles. The number of amides is 4. The maximum atomic E-state index is 14.6. The number of piperidine rings is 1. The van der Waals surface area contributed by atoms with Gasteiger partial charge >= 0.3 is 12.5 Å². The molecular weight excluding hydrogens is 755 g/mol.